The van der Waals surface area contributed by atoms with Crippen LogP contribution in [0.5, 0.6) is 11.5 Å². The molecule has 0 spiro atoms. The number of hydrogen-bond donors (Lipinski definition) is 0. The number of nitrogens with zero attached hydrogens (tertiary/aromatic N) is 5. The number of nitriles is 1. The van der Waals surface area contributed by atoms with Crippen molar-refractivity contribution in [1.29, 1.82) is 5.26 Å². The summed E-state index contributed by atoms with van der Waals surface area (Å²) < 4.78 is 35.2. The lowest BCUT2D eigenvalue weighted by Gasteiger charge is -2.36. The first-order valence-electron chi connectivity index (χ1n) is 16.8. The number of fused-ring (bicyclic) bond motifs is 1. The van der Waals surface area contributed by atoms with Gasteiger partial charge in [0.1, 0.15) is 35.0 Å². The molecular formula is C39H46N5O5P. The van der Waals surface area contributed by atoms with Gasteiger partial charge in [-0.1, -0.05) is 54.6 Å². The molecule has 0 amide bonds. The summed E-state index contributed by atoms with van der Waals surface area (Å²) in [4.78, 5) is 9.35. The van der Waals surface area contributed by atoms with Crippen LogP contribution in [0.1, 0.15) is 56.6 Å². The van der Waals surface area contributed by atoms with Crippen molar-refractivity contribution in [2.75, 3.05) is 27.4 Å². The van der Waals surface area contributed by atoms with Crippen LogP contribution < -0.4 is 9.47 Å². The van der Waals surface area contributed by atoms with Gasteiger partial charge in [-0.05, 0) is 74.7 Å². The van der Waals surface area contributed by atoms with Crippen LogP contribution >= 0.6 is 8.53 Å². The van der Waals surface area contributed by atoms with Crippen molar-refractivity contribution in [3.8, 4) is 17.6 Å². The van der Waals surface area contributed by atoms with E-state index in [4.69, 9.17) is 33.5 Å². The Labute approximate surface area is 296 Å². The van der Waals surface area contributed by atoms with Crippen molar-refractivity contribution in [3.05, 3.63) is 120 Å². The van der Waals surface area contributed by atoms with Gasteiger partial charge in [0.05, 0.1) is 51.6 Å². The zero-order chi connectivity index (χ0) is 35.5. The Morgan fingerprint density at radius 1 is 0.800 bits per heavy atom. The number of imidazole rings is 1. The molecule has 0 aliphatic carbocycles. The molecule has 0 radical (unpaired) electrons. The van der Waals surface area contributed by atoms with E-state index in [9.17, 15) is 0 Å². The van der Waals surface area contributed by atoms with Crippen LogP contribution in [0.4, 0.5) is 0 Å². The van der Waals surface area contributed by atoms with Crippen molar-refractivity contribution < 1.29 is 23.3 Å². The Hall–Kier alpha value is -4.36. The fraction of sp³-hybridized carbons (Fsp3) is 0.359. The maximum atomic E-state index is 9.13. The topological polar surface area (TPSA) is 104 Å². The molecule has 0 saturated carbocycles. The van der Waals surface area contributed by atoms with Crippen molar-refractivity contribution >= 4 is 19.6 Å². The third kappa shape index (κ3) is 8.32. The second-order valence-corrected chi connectivity index (χ2v) is 13.7. The molecule has 5 aromatic rings. The SMILES string of the molecule is COc1ccc(C(OCc2nc3cnccc3n2CCOP(OCCC#N)N(C(C)C)C(C)C)(c2ccccc2)c2ccc(OC)cc2)cc1. The normalized spacial score (nSPS) is 12.5. The lowest BCUT2D eigenvalue weighted by Crippen LogP contribution is -2.34. The fourth-order valence-electron chi connectivity index (χ4n) is 6.16. The van der Waals surface area contributed by atoms with Crippen molar-refractivity contribution in [2.45, 2.75) is 65.0 Å². The molecule has 2 aromatic heterocycles. The van der Waals surface area contributed by atoms with Crippen LogP contribution in [0.15, 0.2) is 97.3 Å². The van der Waals surface area contributed by atoms with Gasteiger partial charge in [-0.2, -0.15) is 5.26 Å². The summed E-state index contributed by atoms with van der Waals surface area (Å²) in [6, 6.07) is 30.7. The maximum Gasteiger partial charge on any atom is 0.259 e. The minimum Gasteiger partial charge on any atom is -0.497 e. The molecular weight excluding hydrogens is 649 g/mol. The van der Waals surface area contributed by atoms with Gasteiger partial charge in [-0.15, -0.1) is 0 Å². The predicted octanol–water partition coefficient (Wildman–Crippen LogP) is 8.25. The molecule has 2 heterocycles. The van der Waals surface area contributed by atoms with Crippen molar-refractivity contribution in [2.24, 2.45) is 0 Å². The Balaban J connectivity index is 1.52. The number of rotatable bonds is 18. The quantitative estimate of drug-likeness (QED) is 0.0509. The van der Waals surface area contributed by atoms with Gasteiger partial charge < -0.3 is 27.8 Å². The van der Waals surface area contributed by atoms with E-state index < -0.39 is 14.1 Å². The highest BCUT2D eigenvalue weighted by atomic mass is 31.2. The van der Waals surface area contributed by atoms with Gasteiger partial charge >= 0.3 is 0 Å². The first-order chi connectivity index (χ1) is 24.3. The molecule has 3 aromatic carbocycles. The van der Waals surface area contributed by atoms with E-state index in [-0.39, 0.29) is 18.7 Å². The molecule has 0 aliphatic rings. The number of benzene rings is 3. The van der Waals surface area contributed by atoms with E-state index in [1.807, 2.05) is 72.8 Å². The van der Waals surface area contributed by atoms with Crippen LogP contribution in [0.3, 0.4) is 0 Å². The van der Waals surface area contributed by atoms with E-state index in [0.29, 0.717) is 26.2 Å². The van der Waals surface area contributed by atoms with Crippen LogP contribution in [0.25, 0.3) is 11.0 Å². The number of pyridine rings is 1. The summed E-state index contributed by atoms with van der Waals surface area (Å²) >= 11 is 0. The Morgan fingerprint density at radius 2 is 1.38 bits per heavy atom. The average Bonchev–Trinajstić information content (AvgIpc) is 3.49. The summed E-state index contributed by atoms with van der Waals surface area (Å²) in [5.41, 5.74) is 3.53. The Bertz CT molecular complexity index is 1770. The van der Waals surface area contributed by atoms with Gasteiger partial charge in [0.2, 0.25) is 0 Å². The van der Waals surface area contributed by atoms with Crippen LogP contribution in [-0.4, -0.2) is 58.7 Å². The summed E-state index contributed by atoms with van der Waals surface area (Å²) in [5, 5.41) is 9.13. The maximum absolute atomic E-state index is 9.13. The predicted molar refractivity (Wildman–Crippen MR) is 196 cm³/mol. The van der Waals surface area contributed by atoms with Crippen LogP contribution in [0.2, 0.25) is 0 Å². The standard InChI is InChI=1S/C39H46N5O5P/c1-29(2)44(30(3)4)50(48-25-10-22-40)49-26-24-43-37-21-23-41-27-36(37)42-38(43)28-47-39(31-11-8-7-9-12-31,32-13-17-34(45-5)18-14-32)33-15-19-35(46-6)20-16-33/h7-9,11-21,23,27,29-30H,10,24-26,28H2,1-6H3. The largest absolute Gasteiger partial charge is 0.497 e. The lowest BCUT2D eigenvalue weighted by atomic mass is 9.80. The van der Waals surface area contributed by atoms with Gasteiger partial charge in [-0.25, -0.2) is 9.65 Å². The van der Waals surface area contributed by atoms with Gasteiger partial charge in [0.25, 0.3) is 8.53 Å². The number of aromatic nitrogens is 3. The minimum absolute atomic E-state index is 0.180. The smallest absolute Gasteiger partial charge is 0.259 e. The molecule has 10 nitrogen and oxygen atoms in total. The van der Waals surface area contributed by atoms with Gasteiger partial charge in [-0.3, -0.25) is 4.98 Å². The summed E-state index contributed by atoms with van der Waals surface area (Å²) in [6.07, 6.45) is 3.84. The summed E-state index contributed by atoms with van der Waals surface area (Å²) in [7, 11) is 1.93. The average molecular weight is 696 g/mol. The number of ether oxygens (including phenoxy) is 3. The first kappa shape index (κ1) is 36.9. The molecule has 0 bridgehead atoms. The molecule has 0 fully saturated rings. The van der Waals surface area contributed by atoms with Crippen molar-refractivity contribution in [1.82, 2.24) is 19.2 Å². The molecule has 262 valence electrons. The van der Waals surface area contributed by atoms with Crippen LogP contribution in [-0.2, 0) is 32.5 Å². The third-order valence-corrected chi connectivity index (χ3v) is 10.5. The molecule has 1 atom stereocenters. The van der Waals surface area contributed by atoms with Gasteiger partial charge in [0.15, 0.2) is 0 Å². The van der Waals surface area contributed by atoms with Crippen molar-refractivity contribution in [3.63, 3.8) is 0 Å². The van der Waals surface area contributed by atoms with E-state index in [1.54, 1.807) is 26.6 Å². The second kappa shape index (κ2) is 17.5. The highest BCUT2D eigenvalue weighted by Gasteiger charge is 2.38. The van der Waals surface area contributed by atoms with Gasteiger partial charge in [0, 0.05) is 24.8 Å². The van der Waals surface area contributed by atoms with E-state index >= 15 is 0 Å². The highest BCUT2D eigenvalue weighted by molar-refractivity contribution is 7.44. The zero-order valence-electron chi connectivity index (χ0n) is 29.7. The second-order valence-electron chi connectivity index (χ2n) is 12.2. The lowest BCUT2D eigenvalue weighted by molar-refractivity contribution is -0.00454. The fourth-order valence-corrected chi connectivity index (χ4v) is 7.74. The number of methoxy groups -OCH3 is 2. The Kier molecular flexibility index (Phi) is 12.9. The molecule has 5 rings (SSSR count). The highest BCUT2D eigenvalue weighted by Crippen LogP contribution is 2.46. The summed E-state index contributed by atoms with van der Waals surface area (Å²) in [5.74, 6) is 2.24. The van der Waals surface area contributed by atoms with E-state index in [0.717, 1.165) is 45.0 Å². The molecule has 11 heteroatoms. The van der Waals surface area contributed by atoms with Crippen LogP contribution in [0, 0.1) is 11.3 Å². The van der Waals surface area contributed by atoms with E-state index in [2.05, 4.69) is 60.1 Å². The Morgan fingerprint density at radius 3 is 1.94 bits per heavy atom. The first-order valence-corrected chi connectivity index (χ1v) is 17.9. The molecule has 1 unspecified atom stereocenters. The molecule has 50 heavy (non-hydrogen) atoms. The number of hydrogen-bond acceptors (Lipinski definition) is 9. The molecule has 0 aliphatic heterocycles. The third-order valence-electron chi connectivity index (χ3n) is 8.40. The zero-order valence-corrected chi connectivity index (χ0v) is 30.5. The minimum atomic E-state index is -1.39. The monoisotopic (exact) mass is 695 g/mol. The summed E-state index contributed by atoms with van der Waals surface area (Å²) in [6.45, 7) is 9.88. The molecule has 0 N–H and O–H groups in total. The molecule has 0 saturated heterocycles. The van der Waals surface area contributed by atoms with E-state index in [1.165, 1.54) is 0 Å².